The molecule has 0 spiro atoms. The quantitative estimate of drug-likeness (QED) is 0.299. The first-order valence-electron chi connectivity index (χ1n) is 3.56. The molecular formula is C6H12FKO3S. The summed E-state index contributed by atoms with van der Waals surface area (Å²) in [7, 11) is -4.06. The van der Waals surface area contributed by atoms with Gasteiger partial charge in [0.2, 0.25) is 0 Å². The number of alkyl halides is 1. The van der Waals surface area contributed by atoms with Gasteiger partial charge in [-0.2, -0.15) is 0 Å². The summed E-state index contributed by atoms with van der Waals surface area (Å²) < 4.78 is 41.6. The van der Waals surface area contributed by atoms with Gasteiger partial charge in [-0.05, 0) is 12.8 Å². The number of halogens is 1. The molecule has 0 atom stereocenters. The van der Waals surface area contributed by atoms with Crippen LogP contribution in [0.1, 0.15) is 25.7 Å². The topological polar surface area (TPSA) is 57.2 Å². The van der Waals surface area contributed by atoms with Crippen LogP contribution in [0, 0.1) is 0 Å². The summed E-state index contributed by atoms with van der Waals surface area (Å²) in [4.78, 5) is 0. The zero-order chi connectivity index (χ0) is 8.74. The standard InChI is InChI=1S/C6H13FO3S.K/c7-5-3-1-2-4-6-11(8,9)10;/h1-6H2,(H,8,9,10);/q;+1/p-1. The molecule has 0 aliphatic heterocycles. The van der Waals surface area contributed by atoms with Crippen molar-refractivity contribution in [3.63, 3.8) is 0 Å². The molecule has 0 aliphatic carbocycles. The Bertz CT molecular complexity index is 181. The Labute approximate surface area is 115 Å². The summed E-state index contributed by atoms with van der Waals surface area (Å²) in [6.45, 7) is -0.371. The first kappa shape index (κ1) is 15.9. The van der Waals surface area contributed by atoms with Crippen molar-refractivity contribution in [2.45, 2.75) is 25.7 Å². The Balaban J connectivity index is 0. The summed E-state index contributed by atoms with van der Waals surface area (Å²) in [5.74, 6) is -0.320. The molecule has 0 aromatic heterocycles. The summed E-state index contributed by atoms with van der Waals surface area (Å²) in [6.07, 6.45) is 2.09. The van der Waals surface area contributed by atoms with Crippen molar-refractivity contribution in [1.82, 2.24) is 0 Å². The van der Waals surface area contributed by atoms with Crippen LogP contribution >= 0.6 is 0 Å². The van der Waals surface area contributed by atoms with E-state index in [9.17, 15) is 17.4 Å². The molecule has 6 heteroatoms. The maximum Gasteiger partial charge on any atom is 1.00 e. The second kappa shape index (κ2) is 9.05. The maximum atomic E-state index is 11.5. The minimum Gasteiger partial charge on any atom is -0.748 e. The van der Waals surface area contributed by atoms with Crippen molar-refractivity contribution >= 4 is 10.1 Å². The molecule has 0 amide bonds. The largest absolute Gasteiger partial charge is 1.00 e. The van der Waals surface area contributed by atoms with Gasteiger partial charge < -0.3 is 4.55 Å². The summed E-state index contributed by atoms with van der Waals surface area (Å²) in [5.41, 5.74) is 0. The van der Waals surface area contributed by atoms with E-state index in [1.807, 2.05) is 0 Å². The smallest absolute Gasteiger partial charge is 0.748 e. The number of hydrogen-bond acceptors (Lipinski definition) is 3. The van der Waals surface area contributed by atoms with Gasteiger partial charge >= 0.3 is 51.4 Å². The maximum absolute atomic E-state index is 11.5. The van der Waals surface area contributed by atoms with Crippen LogP contribution in [0.15, 0.2) is 0 Å². The Morgan fingerprint density at radius 1 is 1.08 bits per heavy atom. The minimum absolute atomic E-state index is 0. The fraction of sp³-hybridized carbons (Fsp3) is 1.00. The van der Waals surface area contributed by atoms with E-state index in [0.29, 0.717) is 25.7 Å². The van der Waals surface area contributed by atoms with Gasteiger partial charge in [0.15, 0.2) is 0 Å². The van der Waals surface area contributed by atoms with Gasteiger partial charge in [-0.15, -0.1) is 0 Å². The summed E-state index contributed by atoms with van der Waals surface area (Å²) >= 11 is 0. The Morgan fingerprint density at radius 2 is 1.58 bits per heavy atom. The molecule has 0 bridgehead atoms. The van der Waals surface area contributed by atoms with Crippen LogP contribution in [0.2, 0.25) is 0 Å². The molecule has 0 fully saturated rings. The number of rotatable bonds is 6. The van der Waals surface area contributed by atoms with Crippen molar-refractivity contribution in [3.05, 3.63) is 0 Å². The first-order valence-corrected chi connectivity index (χ1v) is 5.13. The van der Waals surface area contributed by atoms with Crippen molar-refractivity contribution in [3.8, 4) is 0 Å². The SMILES string of the molecule is O=S(=O)([O-])CCCCCCF.[K+]. The van der Waals surface area contributed by atoms with Crippen molar-refractivity contribution < 1.29 is 68.7 Å². The first-order chi connectivity index (χ1) is 5.06. The van der Waals surface area contributed by atoms with Crippen molar-refractivity contribution in [1.29, 1.82) is 0 Å². The molecule has 0 heterocycles. The van der Waals surface area contributed by atoms with E-state index in [-0.39, 0.29) is 63.8 Å². The Hall–Kier alpha value is 1.48. The van der Waals surface area contributed by atoms with E-state index in [4.69, 9.17) is 0 Å². The third kappa shape index (κ3) is 14.0. The fourth-order valence-corrected chi connectivity index (χ4v) is 1.28. The van der Waals surface area contributed by atoms with Crippen LogP contribution in [-0.2, 0) is 10.1 Å². The molecular weight excluding hydrogens is 210 g/mol. The average molecular weight is 222 g/mol. The van der Waals surface area contributed by atoms with Crippen LogP contribution in [0.5, 0.6) is 0 Å². The zero-order valence-corrected chi connectivity index (χ0v) is 11.2. The molecule has 0 radical (unpaired) electrons. The second-order valence-corrected chi connectivity index (χ2v) is 3.89. The summed E-state index contributed by atoms with van der Waals surface area (Å²) in [6, 6.07) is 0. The molecule has 3 nitrogen and oxygen atoms in total. The van der Waals surface area contributed by atoms with Gasteiger partial charge in [-0.25, -0.2) is 8.42 Å². The molecule has 68 valence electrons. The van der Waals surface area contributed by atoms with E-state index in [1.54, 1.807) is 0 Å². The fourth-order valence-electron chi connectivity index (χ4n) is 0.727. The van der Waals surface area contributed by atoms with Gasteiger partial charge in [0.1, 0.15) is 0 Å². The van der Waals surface area contributed by atoms with E-state index < -0.39 is 10.1 Å². The number of unbranched alkanes of at least 4 members (excludes halogenated alkanes) is 3. The van der Waals surface area contributed by atoms with Gasteiger partial charge in [-0.1, -0.05) is 12.8 Å². The van der Waals surface area contributed by atoms with Gasteiger partial charge in [-0.3, -0.25) is 4.39 Å². The van der Waals surface area contributed by atoms with Crippen molar-refractivity contribution in [2.24, 2.45) is 0 Å². The third-order valence-electron chi connectivity index (χ3n) is 1.28. The summed E-state index contributed by atoms with van der Waals surface area (Å²) in [5, 5.41) is 0. The van der Waals surface area contributed by atoms with Gasteiger partial charge in [0, 0.05) is 5.75 Å². The third-order valence-corrected chi connectivity index (χ3v) is 2.07. The van der Waals surface area contributed by atoms with E-state index in [0.717, 1.165) is 0 Å². The molecule has 12 heavy (non-hydrogen) atoms. The van der Waals surface area contributed by atoms with E-state index in [2.05, 4.69) is 0 Å². The van der Waals surface area contributed by atoms with Crippen molar-refractivity contribution in [2.75, 3.05) is 12.4 Å². The zero-order valence-electron chi connectivity index (χ0n) is 7.25. The predicted octanol–water partition coefficient (Wildman–Crippen LogP) is -1.93. The molecule has 0 saturated heterocycles. The van der Waals surface area contributed by atoms with Crippen LogP contribution in [-0.4, -0.2) is 25.4 Å². The average Bonchev–Trinajstić information content (AvgIpc) is 1.85. The monoisotopic (exact) mass is 222 g/mol. The van der Waals surface area contributed by atoms with Crippen LogP contribution in [0.4, 0.5) is 4.39 Å². The molecule has 0 unspecified atom stereocenters. The molecule has 0 rings (SSSR count). The molecule has 0 aromatic carbocycles. The predicted molar refractivity (Wildman–Crippen MR) is 39.0 cm³/mol. The molecule has 0 N–H and O–H groups in total. The minimum atomic E-state index is -4.06. The Morgan fingerprint density at radius 3 is 2.00 bits per heavy atom. The Kier molecular flexibility index (Phi) is 12.0. The number of hydrogen-bond donors (Lipinski definition) is 0. The van der Waals surface area contributed by atoms with E-state index in [1.165, 1.54) is 0 Å². The molecule has 0 aliphatic rings. The normalized spacial score (nSPS) is 10.8. The van der Waals surface area contributed by atoms with Gasteiger partial charge in [0.05, 0.1) is 16.8 Å². The van der Waals surface area contributed by atoms with Crippen LogP contribution < -0.4 is 51.4 Å². The van der Waals surface area contributed by atoms with Crippen LogP contribution in [0.25, 0.3) is 0 Å². The molecule has 0 aromatic rings. The van der Waals surface area contributed by atoms with E-state index >= 15 is 0 Å². The second-order valence-electron chi connectivity index (χ2n) is 2.36. The molecule has 0 saturated carbocycles. The van der Waals surface area contributed by atoms with Gasteiger partial charge in [0.25, 0.3) is 0 Å². The van der Waals surface area contributed by atoms with Crippen LogP contribution in [0.3, 0.4) is 0 Å².